The molecule has 0 saturated carbocycles. The van der Waals surface area contributed by atoms with Crippen molar-refractivity contribution in [2.75, 3.05) is 0 Å². The molecule has 20 heavy (non-hydrogen) atoms. The Bertz CT molecular complexity index is 743. The van der Waals surface area contributed by atoms with Crippen molar-refractivity contribution in [2.45, 2.75) is 11.5 Å². The molecule has 6 nitrogen and oxygen atoms in total. The van der Waals surface area contributed by atoms with Crippen molar-refractivity contribution >= 4 is 33.2 Å². The van der Waals surface area contributed by atoms with Crippen molar-refractivity contribution in [3.8, 4) is 5.75 Å². The number of rotatable bonds is 4. The second-order valence-electron chi connectivity index (χ2n) is 4.00. The highest BCUT2D eigenvalue weighted by Crippen LogP contribution is 2.33. The Balaban J connectivity index is 2.26. The van der Waals surface area contributed by atoms with Gasteiger partial charge >= 0.3 is 0 Å². The van der Waals surface area contributed by atoms with Crippen LogP contribution in [0.4, 0.5) is 0 Å². The minimum Gasteiger partial charge on any atom is -0.484 e. The summed E-state index contributed by atoms with van der Waals surface area (Å²) >= 11 is 11.8. The topological polar surface area (TPSA) is 87.2 Å². The number of halogens is 2. The summed E-state index contributed by atoms with van der Waals surface area (Å²) in [4.78, 5) is 3.84. The fourth-order valence-electron chi connectivity index (χ4n) is 1.52. The molecule has 0 unspecified atom stereocenters. The van der Waals surface area contributed by atoms with Gasteiger partial charge in [0.1, 0.15) is 23.1 Å². The van der Waals surface area contributed by atoms with E-state index >= 15 is 0 Å². The molecule has 1 aromatic carbocycles. The minimum atomic E-state index is -3.93. The number of nitrogens with zero attached hydrogens (tertiary/aromatic N) is 2. The molecule has 0 aliphatic heterocycles. The molecule has 108 valence electrons. The summed E-state index contributed by atoms with van der Waals surface area (Å²) in [6, 6.07) is 2.47. The van der Waals surface area contributed by atoms with Crippen LogP contribution in [0.25, 0.3) is 0 Å². The zero-order valence-electron chi connectivity index (χ0n) is 10.4. The van der Waals surface area contributed by atoms with Crippen molar-refractivity contribution < 1.29 is 13.2 Å². The smallest absolute Gasteiger partial charge is 0.239 e. The fraction of sp³-hybridized carbons (Fsp3) is 0.182. The maximum Gasteiger partial charge on any atom is 0.239 e. The zero-order chi connectivity index (χ0) is 14.9. The molecule has 2 N–H and O–H groups in total. The van der Waals surface area contributed by atoms with E-state index in [-0.39, 0.29) is 27.3 Å². The summed E-state index contributed by atoms with van der Waals surface area (Å²) in [6.07, 6.45) is 3.41. The third-order valence-electron chi connectivity index (χ3n) is 2.57. The molecular weight excluding hydrogens is 325 g/mol. The average Bonchev–Trinajstić information content (AvgIpc) is 2.74. The molecule has 0 spiro atoms. The number of aromatic nitrogens is 2. The van der Waals surface area contributed by atoms with Gasteiger partial charge in [0.25, 0.3) is 0 Å². The van der Waals surface area contributed by atoms with Crippen LogP contribution in [0.5, 0.6) is 5.75 Å². The van der Waals surface area contributed by atoms with Gasteiger partial charge in [-0.1, -0.05) is 23.2 Å². The van der Waals surface area contributed by atoms with Crippen LogP contribution in [-0.4, -0.2) is 18.0 Å². The molecule has 1 aromatic heterocycles. The predicted molar refractivity (Wildman–Crippen MR) is 75.4 cm³/mol. The van der Waals surface area contributed by atoms with Crippen LogP contribution in [0.1, 0.15) is 5.82 Å². The van der Waals surface area contributed by atoms with Crippen LogP contribution in [0.3, 0.4) is 0 Å². The molecular formula is C11H11Cl2N3O3S. The van der Waals surface area contributed by atoms with Crippen LogP contribution < -0.4 is 9.88 Å². The lowest BCUT2D eigenvalue weighted by Crippen LogP contribution is -2.13. The van der Waals surface area contributed by atoms with Gasteiger partial charge in [0.2, 0.25) is 10.0 Å². The molecule has 0 atom stereocenters. The van der Waals surface area contributed by atoms with E-state index in [0.717, 1.165) is 6.07 Å². The molecule has 0 amide bonds. The van der Waals surface area contributed by atoms with Gasteiger partial charge in [-0.05, 0) is 6.07 Å². The average molecular weight is 336 g/mol. The van der Waals surface area contributed by atoms with Gasteiger partial charge in [-0.25, -0.2) is 18.5 Å². The normalized spacial score (nSPS) is 11.6. The summed E-state index contributed by atoms with van der Waals surface area (Å²) in [5, 5.41) is 5.08. The summed E-state index contributed by atoms with van der Waals surface area (Å²) < 4.78 is 29.8. The van der Waals surface area contributed by atoms with E-state index in [2.05, 4.69) is 4.98 Å². The summed E-state index contributed by atoms with van der Waals surface area (Å²) in [7, 11) is -2.10. The molecule has 9 heteroatoms. The van der Waals surface area contributed by atoms with Crippen molar-refractivity contribution in [1.29, 1.82) is 0 Å². The van der Waals surface area contributed by atoms with E-state index in [1.807, 2.05) is 7.05 Å². The quantitative estimate of drug-likeness (QED) is 0.924. The monoisotopic (exact) mass is 335 g/mol. The first-order chi connectivity index (χ1) is 9.29. The third-order valence-corrected chi connectivity index (χ3v) is 4.24. The van der Waals surface area contributed by atoms with E-state index in [1.165, 1.54) is 6.07 Å². The van der Waals surface area contributed by atoms with Gasteiger partial charge in [0.15, 0.2) is 0 Å². The number of imidazole rings is 1. The highest BCUT2D eigenvalue weighted by atomic mass is 35.5. The highest BCUT2D eigenvalue weighted by molar-refractivity contribution is 7.89. The molecule has 0 fully saturated rings. The van der Waals surface area contributed by atoms with Gasteiger partial charge in [0.05, 0.1) is 10.0 Å². The summed E-state index contributed by atoms with van der Waals surface area (Å²) in [5.41, 5.74) is 0. The Morgan fingerprint density at radius 1 is 1.35 bits per heavy atom. The summed E-state index contributed by atoms with van der Waals surface area (Å²) in [5.74, 6) is 0.944. The van der Waals surface area contributed by atoms with Crippen LogP contribution in [0.2, 0.25) is 10.0 Å². The summed E-state index contributed by atoms with van der Waals surface area (Å²) in [6.45, 7) is 0.175. The Morgan fingerprint density at radius 3 is 2.60 bits per heavy atom. The fourth-order valence-corrected chi connectivity index (χ4v) is 2.89. The molecule has 0 aliphatic rings. The van der Waals surface area contributed by atoms with Crippen LogP contribution in [0.15, 0.2) is 29.4 Å². The number of benzene rings is 1. The first-order valence-electron chi connectivity index (χ1n) is 5.40. The lowest BCUT2D eigenvalue weighted by molar-refractivity contribution is 0.292. The zero-order valence-corrected chi connectivity index (χ0v) is 12.7. The minimum absolute atomic E-state index is 0.0493. The first kappa shape index (κ1) is 15.1. The predicted octanol–water partition coefficient (Wildman–Crippen LogP) is 1.95. The number of aryl methyl sites for hydroxylation is 1. The Labute approximate surface area is 126 Å². The lowest BCUT2D eigenvalue weighted by atomic mass is 10.3. The van der Waals surface area contributed by atoms with Gasteiger partial charge < -0.3 is 9.30 Å². The number of primary sulfonamides is 1. The number of hydrogen-bond donors (Lipinski definition) is 1. The first-order valence-corrected chi connectivity index (χ1v) is 7.70. The van der Waals surface area contributed by atoms with E-state index in [9.17, 15) is 8.42 Å². The molecule has 2 rings (SSSR count). The second kappa shape index (κ2) is 5.61. The molecule has 1 heterocycles. The van der Waals surface area contributed by atoms with E-state index in [1.54, 1.807) is 17.0 Å². The number of ether oxygens (including phenoxy) is 1. The Kier molecular flexibility index (Phi) is 4.24. The van der Waals surface area contributed by atoms with E-state index in [0.29, 0.717) is 5.82 Å². The number of nitrogens with two attached hydrogens (primary N) is 1. The van der Waals surface area contributed by atoms with E-state index in [4.69, 9.17) is 33.1 Å². The molecule has 0 radical (unpaired) electrons. The molecule has 2 aromatic rings. The molecule has 0 aliphatic carbocycles. The van der Waals surface area contributed by atoms with Crippen LogP contribution in [-0.2, 0) is 23.7 Å². The van der Waals surface area contributed by atoms with Crippen LogP contribution in [0, 0.1) is 0 Å². The highest BCUT2D eigenvalue weighted by Gasteiger charge is 2.17. The van der Waals surface area contributed by atoms with Gasteiger partial charge in [0, 0.05) is 25.5 Å². The maximum atomic E-state index is 11.3. The number of sulfonamides is 1. The van der Waals surface area contributed by atoms with Crippen molar-refractivity contribution in [1.82, 2.24) is 9.55 Å². The number of hydrogen-bond acceptors (Lipinski definition) is 4. The standard InChI is InChI=1S/C11H11Cl2N3O3S/c1-16-3-2-15-11(16)6-19-9-4-8(13)10(5-7(9)12)20(14,17)18/h2-5H,6H2,1H3,(H2,14,17,18). The third kappa shape index (κ3) is 3.24. The van der Waals surface area contributed by atoms with Gasteiger partial charge in [-0.2, -0.15) is 0 Å². The van der Waals surface area contributed by atoms with Crippen LogP contribution >= 0.6 is 23.2 Å². The van der Waals surface area contributed by atoms with Crippen molar-refractivity contribution in [3.05, 3.63) is 40.4 Å². The Morgan fingerprint density at radius 2 is 2.05 bits per heavy atom. The van der Waals surface area contributed by atoms with Gasteiger partial charge in [-0.15, -0.1) is 0 Å². The largest absolute Gasteiger partial charge is 0.484 e. The van der Waals surface area contributed by atoms with E-state index < -0.39 is 10.0 Å². The molecule has 0 bridgehead atoms. The van der Waals surface area contributed by atoms with Gasteiger partial charge in [-0.3, -0.25) is 0 Å². The van der Waals surface area contributed by atoms with Crippen molar-refractivity contribution in [3.63, 3.8) is 0 Å². The van der Waals surface area contributed by atoms with Crippen molar-refractivity contribution in [2.24, 2.45) is 12.2 Å². The Hall–Kier alpha value is -1.28. The second-order valence-corrected chi connectivity index (χ2v) is 6.35. The lowest BCUT2D eigenvalue weighted by Gasteiger charge is -2.10. The SMILES string of the molecule is Cn1ccnc1COc1cc(Cl)c(S(N)(=O)=O)cc1Cl. The molecule has 0 saturated heterocycles. The maximum absolute atomic E-state index is 11.3.